The molecule has 0 aliphatic heterocycles. The van der Waals surface area contributed by atoms with E-state index < -0.39 is 5.43 Å². The van der Waals surface area contributed by atoms with Gasteiger partial charge in [0.2, 0.25) is 0 Å². The Hall–Kier alpha value is 0.720. The predicted molar refractivity (Wildman–Crippen MR) is 38.8 cm³/mol. The second-order valence-electron chi connectivity index (χ2n) is 0.940. The Bertz CT molecular complexity index is 85.4. The molecule has 0 unspecified atom stereocenters. The molecule has 0 aliphatic rings. The van der Waals surface area contributed by atoms with Crippen LogP contribution in [-0.2, 0) is 4.74 Å². The van der Waals surface area contributed by atoms with E-state index >= 15 is 0 Å². The molecule has 0 heterocycles. The Morgan fingerprint density at radius 3 is 2.38 bits per heavy atom. The van der Waals surface area contributed by atoms with E-state index in [9.17, 15) is 4.79 Å². The summed E-state index contributed by atoms with van der Waals surface area (Å²) >= 11 is 11.0. The molecule has 2 nitrogen and oxygen atoms in total. The number of ether oxygens (including phenoxy) is 1. The van der Waals surface area contributed by atoms with Gasteiger partial charge >= 0.3 is 5.43 Å². The Kier molecular flexibility index (Phi) is 5.00. The van der Waals surface area contributed by atoms with Gasteiger partial charge in [-0.2, -0.15) is 0 Å². The predicted octanol–water partition coefficient (Wildman–Crippen LogP) is 2.48. The first-order valence-electron chi connectivity index (χ1n) is 1.73. The summed E-state index contributed by atoms with van der Waals surface area (Å²) in [4.78, 5) is 9.85. The van der Waals surface area contributed by atoms with Crippen LogP contribution in [0.15, 0.2) is 0 Å². The molecule has 0 spiro atoms. The van der Waals surface area contributed by atoms with Crippen LogP contribution in [0.5, 0.6) is 0 Å². The number of carbonyl (C=O) groups excluding carboxylic acids is 1. The van der Waals surface area contributed by atoms with Crippen molar-refractivity contribution in [3.05, 3.63) is 0 Å². The summed E-state index contributed by atoms with van der Waals surface area (Å²) in [6, 6.07) is 0. The van der Waals surface area contributed by atoms with Gasteiger partial charge in [-0.05, 0) is 0 Å². The Labute approximate surface area is 68.8 Å². The molecule has 0 fully saturated rings. The Balaban J connectivity index is 3.05. The van der Waals surface area contributed by atoms with Crippen molar-refractivity contribution in [1.82, 2.24) is 0 Å². The molecule has 0 aromatic heterocycles. The second kappa shape index (κ2) is 4.58. The third kappa shape index (κ3) is 6.72. The van der Waals surface area contributed by atoms with Crippen LogP contribution in [0.3, 0.4) is 0 Å². The average molecular weight is 266 g/mol. The molecular weight excluding hydrogens is 263 g/mol. The molecule has 8 heavy (non-hydrogen) atoms. The number of hydrogen-bond donors (Lipinski definition) is 0. The fourth-order valence-electron chi connectivity index (χ4n) is 0.129. The lowest BCUT2D eigenvalue weighted by molar-refractivity contribution is 0.180. The van der Waals surface area contributed by atoms with Crippen molar-refractivity contribution in [2.75, 3.05) is 6.61 Å². The smallest absolute Gasteiger partial charge is 0.403 e. The van der Waals surface area contributed by atoms with Gasteiger partial charge in [-0.3, -0.25) is 0 Å². The van der Waals surface area contributed by atoms with Gasteiger partial charge in [0.25, 0.3) is 0 Å². The summed E-state index contributed by atoms with van der Waals surface area (Å²) < 4.78 is 4.32. The molecule has 0 N–H and O–H groups in total. The molecule has 48 valence electrons. The average Bonchev–Trinajstić information content (AvgIpc) is 1.61. The molecule has 0 amide bonds. The van der Waals surface area contributed by atoms with E-state index in [1.54, 1.807) is 0 Å². The molecule has 0 aromatic carbocycles. The molecular formula is C3H3Br2ClO2. The number of rotatable bonds is 2. The van der Waals surface area contributed by atoms with Gasteiger partial charge in [-0.1, -0.05) is 31.9 Å². The van der Waals surface area contributed by atoms with Gasteiger partial charge in [0.15, 0.2) is 0 Å². The monoisotopic (exact) mass is 264 g/mol. The zero-order valence-corrected chi connectivity index (χ0v) is 7.66. The highest BCUT2D eigenvalue weighted by atomic mass is 79.9. The summed E-state index contributed by atoms with van der Waals surface area (Å²) in [6.07, 6.45) is 0. The molecule has 5 heteroatoms. The van der Waals surface area contributed by atoms with E-state index in [0.29, 0.717) is 0 Å². The van der Waals surface area contributed by atoms with E-state index in [1.165, 1.54) is 0 Å². The van der Waals surface area contributed by atoms with E-state index in [1.807, 2.05) is 0 Å². The van der Waals surface area contributed by atoms with Crippen LogP contribution in [0.4, 0.5) is 4.79 Å². The first-order valence-corrected chi connectivity index (χ1v) is 3.94. The topological polar surface area (TPSA) is 26.3 Å². The van der Waals surface area contributed by atoms with E-state index in [-0.39, 0.29) is 10.3 Å². The van der Waals surface area contributed by atoms with Crippen LogP contribution in [0.2, 0.25) is 0 Å². The van der Waals surface area contributed by atoms with Crippen LogP contribution in [0, 0.1) is 0 Å². The number of alkyl halides is 2. The van der Waals surface area contributed by atoms with Gasteiger partial charge in [0, 0.05) is 11.6 Å². The van der Waals surface area contributed by atoms with Crippen LogP contribution in [0.1, 0.15) is 0 Å². The van der Waals surface area contributed by atoms with Crippen molar-refractivity contribution < 1.29 is 9.53 Å². The first kappa shape index (κ1) is 8.72. The van der Waals surface area contributed by atoms with Crippen molar-refractivity contribution >= 4 is 48.9 Å². The highest BCUT2D eigenvalue weighted by Crippen LogP contribution is 2.08. The standard InChI is InChI=1S/C3H3Br2ClO2/c4-2(5)1-8-3(6)7/h2H,1H2. The summed E-state index contributed by atoms with van der Waals surface area (Å²) in [6.45, 7) is 0.238. The minimum atomic E-state index is -0.783. The SMILES string of the molecule is O=C(Cl)OCC(Br)Br. The summed E-state index contributed by atoms with van der Waals surface area (Å²) in [5.41, 5.74) is -0.783. The molecule has 0 aliphatic carbocycles. The van der Waals surface area contributed by atoms with Crippen molar-refractivity contribution in [2.45, 2.75) is 3.74 Å². The first-order chi connectivity index (χ1) is 3.63. The van der Waals surface area contributed by atoms with Crippen molar-refractivity contribution in [3.8, 4) is 0 Å². The fraction of sp³-hybridized carbons (Fsp3) is 0.667. The van der Waals surface area contributed by atoms with Crippen LogP contribution in [0.25, 0.3) is 0 Å². The minimum absolute atomic E-state index is 0.0160. The maximum atomic E-state index is 9.85. The Morgan fingerprint density at radius 2 is 2.25 bits per heavy atom. The summed E-state index contributed by atoms with van der Waals surface area (Å²) in [7, 11) is 0. The maximum Gasteiger partial charge on any atom is 0.403 e. The lowest BCUT2D eigenvalue weighted by Crippen LogP contribution is -2.02. The third-order valence-electron chi connectivity index (χ3n) is 0.323. The summed E-state index contributed by atoms with van der Waals surface area (Å²) in [5.74, 6) is 0. The van der Waals surface area contributed by atoms with Crippen LogP contribution >= 0.6 is 43.5 Å². The van der Waals surface area contributed by atoms with Gasteiger partial charge in [-0.25, -0.2) is 4.79 Å². The quantitative estimate of drug-likeness (QED) is 0.567. The molecule has 0 saturated heterocycles. The largest absolute Gasteiger partial charge is 0.452 e. The Morgan fingerprint density at radius 1 is 1.75 bits per heavy atom. The molecule has 0 radical (unpaired) electrons. The van der Waals surface area contributed by atoms with E-state index in [0.717, 1.165) is 0 Å². The number of carbonyl (C=O) groups is 1. The molecule has 0 rings (SSSR count). The van der Waals surface area contributed by atoms with E-state index in [4.69, 9.17) is 11.6 Å². The lowest BCUT2D eigenvalue weighted by Gasteiger charge is -1.97. The van der Waals surface area contributed by atoms with Crippen molar-refractivity contribution in [2.24, 2.45) is 0 Å². The zero-order valence-electron chi connectivity index (χ0n) is 3.73. The van der Waals surface area contributed by atoms with Crippen LogP contribution in [-0.4, -0.2) is 15.8 Å². The second-order valence-corrected chi connectivity index (χ2v) is 4.69. The number of halogens is 3. The molecule has 0 aromatic rings. The van der Waals surface area contributed by atoms with E-state index in [2.05, 4.69) is 36.6 Å². The van der Waals surface area contributed by atoms with Gasteiger partial charge in [0.05, 0.1) is 0 Å². The minimum Gasteiger partial charge on any atom is -0.452 e. The van der Waals surface area contributed by atoms with Crippen LogP contribution < -0.4 is 0 Å². The molecule has 0 saturated carbocycles. The normalized spacial score (nSPS) is 9.50. The zero-order chi connectivity index (χ0) is 6.57. The van der Waals surface area contributed by atoms with Gasteiger partial charge in [-0.15, -0.1) is 0 Å². The van der Waals surface area contributed by atoms with Crippen molar-refractivity contribution in [3.63, 3.8) is 0 Å². The fourth-order valence-corrected chi connectivity index (χ4v) is 0.456. The third-order valence-corrected chi connectivity index (χ3v) is 0.961. The van der Waals surface area contributed by atoms with Crippen molar-refractivity contribution in [1.29, 1.82) is 0 Å². The van der Waals surface area contributed by atoms with Gasteiger partial charge < -0.3 is 4.74 Å². The highest BCUT2D eigenvalue weighted by Gasteiger charge is 1.99. The highest BCUT2D eigenvalue weighted by molar-refractivity contribution is 9.24. The molecule has 0 bridgehead atoms. The van der Waals surface area contributed by atoms with Gasteiger partial charge in [0.1, 0.15) is 10.3 Å². The lowest BCUT2D eigenvalue weighted by atomic mass is 10.9. The molecule has 0 atom stereocenters. The number of hydrogen-bond acceptors (Lipinski definition) is 2. The maximum absolute atomic E-state index is 9.85. The summed E-state index contributed by atoms with van der Waals surface area (Å²) in [5, 5.41) is 0.